The number of nitrogens with one attached hydrogen (secondary N) is 1. The maximum Gasteiger partial charge on any atom is 0.244 e. The second-order valence-corrected chi connectivity index (χ2v) is 5.22. The molecule has 1 saturated heterocycles. The van der Waals surface area contributed by atoms with Crippen LogP contribution in [0, 0.1) is 11.7 Å². The van der Waals surface area contributed by atoms with Crippen molar-refractivity contribution in [2.24, 2.45) is 11.7 Å². The van der Waals surface area contributed by atoms with Gasteiger partial charge in [-0.1, -0.05) is 12.1 Å². The van der Waals surface area contributed by atoms with Crippen LogP contribution >= 0.6 is 0 Å². The van der Waals surface area contributed by atoms with Gasteiger partial charge in [0.15, 0.2) is 0 Å². The van der Waals surface area contributed by atoms with Crippen LogP contribution in [0.25, 0.3) is 0 Å². The van der Waals surface area contributed by atoms with E-state index in [0.717, 1.165) is 19.4 Å². The summed E-state index contributed by atoms with van der Waals surface area (Å²) in [6.45, 7) is 1.43. The quantitative estimate of drug-likeness (QED) is 0.829. The highest BCUT2D eigenvalue weighted by atomic mass is 19.1. The number of nitrogens with two attached hydrogens (primary N) is 1. The summed E-state index contributed by atoms with van der Waals surface area (Å²) >= 11 is 0. The van der Waals surface area contributed by atoms with Gasteiger partial charge in [0, 0.05) is 19.6 Å². The summed E-state index contributed by atoms with van der Waals surface area (Å²) in [7, 11) is 0. The second-order valence-electron chi connectivity index (χ2n) is 5.22. The van der Waals surface area contributed by atoms with Gasteiger partial charge in [-0.15, -0.1) is 0 Å². The molecule has 1 aromatic carbocycles. The van der Waals surface area contributed by atoms with E-state index in [1.54, 1.807) is 0 Å². The molecule has 1 aliphatic heterocycles. The number of carbonyl (C=O) groups is 2. The molecule has 0 unspecified atom stereocenters. The Morgan fingerprint density at radius 1 is 1.38 bits per heavy atom. The van der Waals surface area contributed by atoms with E-state index in [-0.39, 0.29) is 5.91 Å². The number of hydrogen-bond acceptors (Lipinski definition) is 3. The number of ether oxygens (including phenoxy) is 1. The number of hydrogen-bond donors (Lipinski definition) is 2. The predicted molar refractivity (Wildman–Crippen MR) is 74.6 cm³/mol. The molecular weight excluding hydrogens is 275 g/mol. The number of rotatable bonds is 6. The van der Waals surface area contributed by atoms with E-state index in [4.69, 9.17) is 10.5 Å². The van der Waals surface area contributed by atoms with Gasteiger partial charge >= 0.3 is 0 Å². The largest absolute Gasteiger partial charge is 0.381 e. The molecule has 5 nitrogen and oxygen atoms in total. The predicted octanol–water partition coefficient (Wildman–Crippen LogP) is 1.28. The lowest BCUT2D eigenvalue weighted by atomic mass is 10.0. The van der Waals surface area contributed by atoms with Crippen LogP contribution < -0.4 is 11.1 Å². The van der Waals surface area contributed by atoms with Gasteiger partial charge in [0.1, 0.15) is 11.9 Å². The fourth-order valence-corrected chi connectivity index (χ4v) is 2.35. The maximum atomic E-state index is 12.9. The Balaban J connectivity index is 1.91. The third kappa shape index (κ3) is 4.53. The van der Waals surface area contributed by atoms with Crippen molar-refractivity contribution in [3.63, 3.8) is 0 Å². The molecular formula is C15H19FN2O3. The third-order valence-corrected chi connectivity index (χ3v) is 3.60. The molecule has 0 saturated carbocycles. The number of benzene rings is 1. The maximum absolute atomic E-state index is 12.9. The number of carbonyl (C=O) groups excluding carboxylic acids is 2. The van der Waals surface area contributed by atoms with Crippen LogP contribution in [-0.2, 0) is 14.3 Å². The second kappa shape index (κ2) is 7.17. The van der Waals surface area contributed by atoms with E-state index < -0.39 is 17.8 Å². The summed E-state index contributed by atoms with van der Waals surface area (Å²) in [4.78, 5) is 23.4. The minimum absolute atomic E-state index is 0.241. The number of primary amides is 1. The average Bonchev–Trinajstić information content (AvgIpc) is 2.97. The average molecular weight is 294 g/mol. The van der Waals surface area contributed by atoms with Crippen molar-refractivity contribution >= 4 is 11.8 Å². The highest BCUT2D eigenvalue weighted by molar-refractivity contribution is 5.87. The van der Waals surface area contributed by atoms with Gasteiger partial charge in [0.25, 0.3) is 0 Å². The van der Waals surface area contributed by atoms with Crippen molar-refractivity contribution in [3.8, 4) is 0 Å². The van der Waals surface area contributed by atoms with Crippen molar-refractivity contribution in [3.05, 3.63) is 35.6 Å². The van der Waals surface area contributed by atoms with Gasteiger partial charge in [-0.25, -0.2) is 4.39 Å². The first kappa shape index (κ1) is 15.4. The van der Waals surface area contributed by atoms with Crippen LogP contribution in [-0.4, -0.2) is 25.0 Å². The molecule has 2 rings (SSSR count). The minimum atomic E-state index is -0.932. The van der Waals surface area contributed by atoms with Crippen LogP contribution in [0.15, 0.2) is 24.3 Å². The van der Waals surface area contributed by atoms with Gasteiger partial charge in [-0.05, 0) is 36.5 Å². The fourth-order valence-electron chi connectivity index (χ4n) is 2.35. The van der Waals surface area contributed by atoms with Crippen LogP contribution in [0.1, 0.15) is 30.9 Å². The standard InChI is InChI=1S/C15H19FN2O3/c16-12-4-2-11(3-5-12)14(15(17)20)18-13(19)6-1-10-7-8-21-9-10/h2-5,10,14H,1,6-9H2,(H2,17,20)(H,18,19)/t10-,14+/m0/s1. The summed E-state index contributed by atoms with van der Waals surface area (Å²) in [5.41, 5.74) is 5.78. The SMILES string of the molecule is NC(=O)[C@H](NC(=O)CC[C@H]1CCOC1)c1ccc(F)cc1. The molecule has 0 aromatic heterocycles. The zero-order chi connectivity index (χ0) is 15.2. The molecule has 1 aliphatic rings. The Labute approximate surface area is 122 Å². The highest BCUT2D eigenvalue weighted by Gasteiger charge is 2.22. The molecule has 0 bridgehead atoms. The molecule has 1 aromatic rings. The van der Waals surface area contributed by atoms with E-state index in [9.17, 15) is 14.0 Å². The zero-order valence-corrected chi connectivity index (χ0v) is 11.7. The first-order valence-electron chi connectivity index (χ1n) is 6.98. The van der Waals surface area contributed by atoms with Gasteiger partial charge in [0.2, 0.25) is 11.8 Å². The van der Waals surface area contributed by atoms with E-state index in [1.165, 1.54) is 24.3 Å². The van der Waals surface area contributed by atoms with Crippen LogP contribution in [0.3, 0.4) is 0 Å². The smallest absolute Gasteiger partial charge is 0.244 e. The lowest BCUT2D eigenvalue weighted by Crippen LogP contribution is -2.37. The fraction of sp³-hybridized carbons (Fsp3) is 0.467. The van der Waals surface area contributed by atoms with Crippen LogP contribution in [0.2, 0.25) is 0 Å². The third-order valence-electron chi connectivity index (χ3n) is 3.60. The van der Waals surface area contributed by atoms with Crippen molar-refractivity contribution in [1.82, 2.24) is 5.32 Å². The summed E-state index contributed by atoms with van der Waals surface area (Å²) in [6, 6.07) is 4.41. The normalized spacial score (nSPS) is 19.2. The monoisotopic (exact) mass is 294 g/mol. The van der Waals surface area contributed by atoms with Gasteiger partial charge in [-0.2, -0.15) is 0 Å². The first-order chi connectivity index (χ1) is 10.1. The van der Waals surface area contributed by atoms with Crippen LogP contribution in [0.5, 0.6) is 0 Å². The molecule has 114 valence electrons. The van der Waals surface area contributed by atoms with Crippen molar-refractivity contribution < 1.29 is 18.7 Å². The molecule has 0 spiro atoms. The Bertz CT molecular complexity index is 498. The molecule has 0 radical (unpaired) electrons. The molecule has 0 aliphatic carbocycles. The Morgan fingerprint density at radius 2 is 2.10 bits per heavy atom. The van der Waals surface area contributed by atoms with Gasteiger partial charge in [0.05, 0.1) is 0 Å². The molecule has 3 N–H and O–H groups in total. The minimum Gasteiger partial charge on any atom is -0.381 e. The molecule has 2 amide bonds. The van der Waals surface area contributed by atoms with E-state index >= 15 is 0 Å². The van der Waals surface area contributed by atoms with E-state index in [0.29, 0.717) is 24.5 Å². The highest BCUT2D eigenvalue weighted by Crippen LogP contribution is 2.19. The lowest BCUT2D eigenvalue weighted by molar-refractivity contribution is -0.127. The molecule has 1 heterocycles. The number of halogens is 1. The van der Waals surface area contributed by atoms with Crippen molar-refractivity contribution in [2.45, 2.75) is 25.3 Å². The lowest BCUT2D eigenvalue weighted by Gasteiger charge is -2.16. The Morgan fingerprint density at radius 3 is 2.67 bits per heavy atom. The Hall–Kier alpha value is -1.95. The van der Waals surface area contributed by atoms with Crippen molar-refractivity contribution in [2.75, 3.05) is 13.2 Å². The summed E-state index contributed by atoms with van der Waals surface area (Å²) < 4.78 is 18.1. The topological polar surface area (TPSA) is 81.4 Å². The van der Waals surface area contributed by atoms with E-state index in [2.05, 4.69) is 5.32 Å². The van der Waals surface area contributed by atoms with E-state index in [1.807, 2.05) is 0 Å². The van der Waals surface area contributed by atoms with Gasteiger partial charge in [-0.3, -0.25) is 9.59 Å². The van der Waals surface area contributed by atoms with Crippen LogP contribution in [0.4, 0.5) is 4.39 Å². The summed E-state index contributed by atoms with van der Waals surface area (Å²) in [6.07, 6.45) is 2.00. The number of amides is 2. The zero-order valence-electron chi connectivity index (χ0n) is 11.7. The summed E-state index contributed by atoms with van der Waals surface area (Å²) in [5.74, 6) is -0.919. The molecule has 21 heavy (non-hydrogen) atoms. The van der Waals surface area contributed by atoms with Gasteiger partial charge < -0.3 is 15.8 Å². The van der Waals surface area contributed by atoms with Crippen molar-refractivity contribution in [1.29, 1.82) is 0 Å². The first-order valence-corrected chi connectivity index (χ1v) is 6.98. The summed E-state index contributed by atoms with van der Waals surface area (Å²) in [5, 5.41) is 2.60. The Kier molecular flexibility index (Phi) is 5.27. The molecule has 1 fully saturated rings. The molecule has 2 atom stereocenters. The molecule has 6 heteroatoms.